The number of rotatable bonds is 9. The Labute approximate surface area is 147 Å². The van der Waals surface area contributed by atoms with E-state index in [1.807, 2.05) is 14.1 Å². The SMILES string of the molecule is CN(C)CCCNC(=O)c1cnc(NCCc2ccccc2F)nc1. The van der Waals surface area contributed by atoms with Gasteiger partial charge in [0.2, 0.25) is 5.95 Å². The molecule has 2 rings (SSSR count). The molecule has 1 aromatic carbocycles. The Kier molecular flexibility index (Phi) is 7.28. The van der Waals surface area contributed by atoms with E-state index < -0.39 is 0 Å². The summed E-state index contributed by atoms with van der Waals surface area (Å²) in [6.07, 6.45) is 4.39. The number of hydrogen-bond donors (Lipinski definition) is 2. The van der Waals surface area contributed by atoms with Crippen molar-refractivity contribution in [2.75, 3.05) is 39.0 Å². The van der Waals surface area contributed by atoms with Crippen LogP contribution in [-0.2, 0) is 6.42 Å². The zero-order valence-electron chi connectivity index (χ0n) is 14.6. The first-order valence-corrected chi connectivity index (χ1v) is 8.28. The van der Waals surface area contributed by atoms with Gasteiger partial charge < -0.3 is 15.5 Å². The molecule has 0 bridgehead atoms. The first kappa shape index (κ1) is 18.8. The lowest BCUT2D eigenvalue weighted by molar-refractivity contribution is 0.0951. The number of nitrogens with one attached hydrogen (secondary N) is 2. The van der Waals surface area contributed by atoms with Gasteiger partial charge >= 0.3 is 0 Å². The van der Waals surface area contributed by atoms with E-state index in [4.69, 9.17) is 0 Å². The maximum atomic E-state index is 13.5. The molecule has 1 heterocycles. The number of amides is 1. The predicted molar refractivity (Wildman–Crippen MR) is 96.1 cm³/mol. The first-order valence-electron chi connectivity index (χ1n) is 8.28. The van der Waals surface area contributed by atoms with Crippen LogP contribution in [0.15, 0.2) is 36.7 Å². The Morgan fingerprint density at radius 2 is 1.88 bits per heavy atom. The summed E-state index contributed by atoms with van der Waals surface area (Å²) >= 11 is 0. The van der Waals surface area contributed by atoms with Gasteiger partial charge in [0.25, 0.3) is 5.91 Å². The van der Waals surface area contributed by atoms with Crippen LogP contribution in [0.25, 0.3) is 0 Å². The van der Waals surface area contributed by atoms with Crippen LogP contribution in [-0.4, -0.2) is 54.5 Å². The molecule has 0 saturated heterocycles. The minimum atomic E-state index is -0.216. The van der Waals surface area contributed by atoms with Crippen LogP contribution in [0.1, 0.15) is 22.3 Å². The highest BCUT2D eigenvalue weighted by Crippen LogP contribution is 2.07. The molecule has 7 heteroatoms. The van der Waals surface area contributed by atoms with E-state index in [1.54, 1.807) is 18.2 Å². The number of hydrogen-bond acceptors (Lipinski definition) is 5. The third kappa shape index (κ3) is 6.46. The Bertz CT molecular complexity index is 675. The van der Waals surface area contributed by atoms with Gasteiger partial charge in [-0.3, -0.25) is 4.79 Å². The molecular formula is C18H24FN5O. The molecule has 0 atom stereocenters. The lowest BCUT2D eigenvalue weighted by Gasteiger charge is -2.10. The fraction of sp³-hybridized carbons (Fsp3) is 0.389. The quantitative estimate of drug-likeness (QED) is 0.680. The number of nitrogens with zero attached hydrogens (tertiary/aromatic N) is 3. The van der Waals surface area contributed by atoms with Crippen molar-refractivity contribution in [2.45, 2.75) is 12.8 Å². The van der Waals surface area contributed by atoms with E-state index in [0.29, 0.717) is 36.6 Å². The zero-order chi connectivity index (χ0) is 18.1. The van der Waals surface area contributed by atoms with Crippen LogP contribution >= 0.6 is 0 Å². The molecule has 0 aliphatic carbocycles. The third-order valence-electron chi connectivity index (χ3n) is 3.62. The van der Waals surface area contributed by atoms with Gasteiger partial charge in [-0.15, -0.1) is 0 Å². The Morgan fingerprint density at radius 3 is 2.56 bits per heavy atom. The second-order valence-corrected chi connectivity index (χ2v) is 5.98. The normalized spacial score (nSPS) is 10.7. The van der Waals surface area contributed by atoms with Crippen molar-refractivity contribution in [1.29, 1.82) is 0 Å². The van der Waals surface area contributed by atoms with E-state index in [1.165, 1.54) is 18.5 Å². The molecule has 2 N–H and O–H groups in total. The summed E-state index contributed by atoms with van der Waals surface area (Å²) in [4.78, 5) is 22.3. The summed E-state index contributed by atoms with van der Waals surface area (Å²) in [6, 6.07) is 6.67. The van der Waals surface area contributed by atoms with Gasteiger partial charge in [0.15, 0.2) is 0 Å². The Balaban J connectivity index is 1.75. The van der Waals surface area contributed by atoms with Gasteiger partial charge in [-0.2, -0.15) is 0 Å². The molecule has 0 saturated carbocycles. The highest BCUT2D eigenvalue weighted by atomic mass is 19.1. The van der Waals surface area contributed by atoms with Crippen LogP contribution in [0.2, 0.25) is 0 Å². The first-order chi connectivity index (χ1) is 12.1. The van der Waals surface area contributed by atoms with Crippen molar-refractivity contribution >= 4 is 11.9 Å². The molecule has 1 amide bonds. The lowest BCUT2D eigenvalue weighted by atomic mass is 10.1. The molecule has 134 valence electrons. The summed E-state index contributed by atoms with van der Waals surface area (Å²) in [5.74, 6) is 0.0173. The molecule has 1 aromatic heterocycles. The van der Waals surface area contributed by atoms with E-state index in [2.05, 4.69) is 25.5 Å². The van der Waals surface area contributed by atoms with Crippen molar-refractivity contribution in [3.63, 3.8) is 0 Å². The zero-order valence-corrected chi connectivity index (χ0v) is 14.6. The smallest absolute Gasteiger partial charge is 0.254 e. The van der Waals surface area contributed by atoms with Gasteiger partial charge in [0, 0.05) is 25.5 Å². The van der Waals surface area contributed by atoms with Gasteiger partial charge in [-0.1, -0.05) is 18.2 Å². The average molecular weight is 345 g/mol. The number of anilines is 1. The fourth-order valence-electron chi connectivity index (χ4n) is 2.25. The average Bonchev–Trinajstić information content (AvgIpc) is 2.60. The molecule has 6 nitrogen and oxygen atoms in total. The van der Waals surface area contributed by atoms with Crippen molar-refractivity contribution in [2.24, 2.45) is 0 Å². The van der Waals surface area contributed by atoms with Gasteiger partial charge in [0.05, 0.1) is 5.56 Å². The standard InChI is InChI=1S/C18H24FN5O/c1-24(2)11-5-9-20-17(25)15-12-22-18(23-13-15)21-10-8-14-6-3-4-7-16(14)19/h3-4,6-7,12-13H,5,8-11H2,1-2H3,(H,20,25)(H,21,22,23). The molecule has 25 heavy (non-hydrogen) atoms. The van der Waals surface area contributed by atoms with E-state index in [0.717, 1.165) is 13.0 Å². The minimum absolute atomic E-state index is 0.184. The van der Waals surface area contributed by atoms with Crippen molar-refractivity contribution in [3.8, 4) is 0 Å². The maximum Gasteiger partial charge on any atom is 0.254 e. The summed E-state index contributed by atoms with van der Waals surface area (Å²) in [5.41, 5.74) is 1.06. The highest BCUT2D eigenvalue weighted by molar-refractivity contribution is 5.93. The maximum absolute atomic E-state index is 13.5. The molecule has 0 spiro atoms. The highest BCUT2D eigenvalue weighted by Gasteiger charge is 2.07. The van der Waals surface area contributed by atoms with E-state index in [9.17, 15) is 9.18 Å². The Morgan fingerprint density at radius 1 is 1.16 bits per heavy atom. The largest absolute Gasteiger partial charge is 0.354 e. The van der Waals surface area contributed by atoms with Crippen LogP contribution in [0.5, 0.6) is 0 Å². The van der Waals surface area contributed by atoms with E-state index >= 15 is 0 Å². The van der Waals surface area contributed by atoms with Gasteiger partial charge in [-0.05, 0) is 45.1 Å². The molecule has 0 radical (unpaired) electrons. The van der Waals surface area contributed by atoms with Gasteiger partial charge in [-0.25, -0.2) is 14.4 Å². The third-order valence-corrected chi connectivity index (χ3v) is 3.62. The Hall–Kier alpha value is -2.54. The summed E-state index contributed by atoms with van der Waals surface area (Å²) in [6.45, 7) is 2.04. The van der Waals surface area contributed by atoms with Gasteiger partial charge in [0.1, 0.15) is 5.82 Å². The van der Waals surface area contributed by atoms with Crippen LogP contribution in [0.3, 0.4) is 0 Å². The van der Waals surface area contributed by atoms with Crippen LogP contribution in [0.4, 0.5) is 10.3 Å². The number of carbonyl (C=O) groups is 1. The topological polar surface area (TPSA) is 70.2 Å². The van der Waals surface area contributed by atoms with Crippen molar-refractivity contribution in [3.05, 3.63) is 53.6 Å². The number of carbonyl (C=O) groups excluding carboxylic acids is 1. The van der Waals surface area contributed by atoms with Crippen LogP contribution < -0.4 is 10.6 Å². The monoisotopic (exact) mass is 345 g/mol. The molecule has 0 aliphatic heterocycles. The second kappa shape index (κ2) is 9.68. The van der Waals surface area contributed by atoms with E-state index in [-0.39, 0.29) is 11.7 Å². The van der Waals surface area contributed by atoms with Crippen molar-refractivity contribution < 1.29 is 9.18 Å². The number of aromatic nitrogens is 2. The second-order valence-electron chi connectivity index (χ2n) is 5.98. The number of halogens is 1. The molecule has 0 fully saturated rings. The van der Waals surface area contributed by atoms with Crippen molar-refractivity contribution in [1.82, 2.24) is 20.2 Å². The lowest BCUT2D eigenvalue weighted by Crippen LogP contribution is -2.27. The van der Waals surface area contributed by atoms with Crippen LogP contribution in [0, 0.1) is 5.82 Å². The minimum Gasteiger partial charge on any atom is -0.354 e. The molecule has 0 aliphatic rings. The summed E-state index contributed by atoms with van der Waals surface area (Å²) in [7, 11) is 3.99. The molecule has 0 unspecified atom stereocenters. The predicted octanol–water partition coefficient (Wildman–Crippen LogP) is 1.95. The number of benzene rings is 1. The molecule has 2 aromatic rings. The molecular weight excluding hydrogens is 321 g/mol. The summed E-state index contributed by atoms with van der Waals surface area (Å²) in [5, 5.41) is 5.86. The summed E-state index contributed by atoms with van der Waals surface area (Å²) < 4.78 is 13.5. The fourth-order valence-corrected chi connectivity index (χ4v) is 2.25.